The predicted molar refractivity (Wildman–Crippen MR) is 125 cm³/mol. The molecule has 1 aromatic heterocycles. The van der Waals surface area contributed by atoms with E-state index in [0.29, 0.717) is 13.0 Å². The molecule has 0 aliphatic carbocycles. The Morgan fingerprint density at radius 3 is 2.64 bits per heavy atom. The highest BCUT2D eigenvalue weighted by molar-refractivity contribution is 5.94. The number of carbonyl (C=O) groups is 1. The molecule has 3 rings (SSSR count). The number of aromatic nitrogens is 2. The van der Waals surface area contributed by atoms with E-state index in [9.17, 15) is 18.8 Å². The van der Waals surface area contributed by atoms with Crippen LogP contribution in [0.4, 0.5) is 21.6 Å². The van der Waals surface area contributed by atoms with Crippen molar-refractivity contribution in [2.24, 2.45) is 0 Å². The van der Waals surface area contributed by atoms with Crippen LogP contribution < -0.4 is 27.2 Å². The smallest absolute Gasteiger partial charge is 0.330 e. The summed E-state index contributed by atoms with van der Waals surface area (Å²) in [5, 5.41) is 2.60. The number of aromatic amines is 1. The molecule has 10 heteroatoms. The van der Waals surface area contributed by atoms with E-state index in [1.165, 1.54) is 27.7 Å². The summed E-state index contributed by atoms with van der Waals surface area (Å²) in [6.07, 6.45) is 0.500. The standard InChI is InChI=1S/C23H26FN5O4/c1-33-12-6-11-28(15-19(30)26-18-10-5-9-17(24)13-18)20-21(25)29(23(32)27-22(20)31)14-16-7-3-2-4-8-16/h2-5,7-10,13H,6,11-12,14-15,25H2,1H3,(H,26,30)(H,27,31,32). The summed E-state index contributed by atoms with van der Waals surface area (Å²) in [6.45, 7) is 0.568. The number of H-pyrrole nitrogens is 1. The van der Waals surface area contributed by atoms with Crippen molar-refractivity contribution in [2.45, 2.75) is 13.0 Å². The fourth-order valence-electron chi connectivity index (χ4n) is 3.42. The molecule has 0 aliphatic heterocycles. The number of hydrogen-bond donors (Lipinski definition) is 3. The van der Waals surface area contributed by atoms with Crippen LogP contribution in [0.15, 0.2) is 64.2 Å². The van der Waals surface area contributed by atoms with Crippen molar-refractivity contribution in [3.8, 4) is 0 Å². The number of halogens is 1. The van der Waals surface area contributed by atoms with Gasteiger partial charge in [-0.25, -0.2) is 9.18 Å². The monoisotopic (exact) mass is 455 g/mol. The molecule has 0 aliphatic rings. The van der Waals surface area contributed by atoms with Crippen molar-refractivity contribution in [3.63, 3.8) is 0 Å². The summed E-state index contributed by atoms with van der Waals surface area (Å²) in [6, 6.07) is 14.7. The van der Waals surface area contributed by atoms with Gasteiger partial charge < -0.3 is 20.7 Å². The van der Waals surface area contributed by atoms with Gasteiger partial charge in [-0.1, -0.05) is 36.4 Å². The van der Waals surface area contributed by atoms with E-state index in [0.717, 1.165) is 5.56 Å². The Bertz CT molecular complexity index is 1210. The number of nitrogen functional groups attached to an aromatic ring is 1. The minimum absolute atomic E-state index is 0.0102. The third-order valence-electron chi connectivity index (χ3n) is 4.93. The van der Waals surface area contributed by atoms with Crippen LogP contribution in [0.1, 0.15) is 12.0 Å². The molecule has 9 nitrogen and oxygen atoms in total. The fraction of sp³-hybridized carbons (Fsp3) is 0.261. The van der Waals surface area contributed by atoms with Gasteiger partial charge in [-0.05, 0) is 30.2 Å². The molecule has 0 saturated heterocycles. The summed E-state index contributed by atoms with van der Waals surface area (Å²) in [5.74, 6) is -1.01. The van der Waals surface area contributed by atoms with Crippen LogP contribution in [0.25, 0.3) is 0 Å². The first-order valence-electron chi connectivity index (χ1n) is 10.3. The Kier molecular flexibility index (Phi) is 7.98. The third-order valence-corrected chi connectivity index (χ3v) is 4.93. The summed E-state index contributed by atoms with van der Waals surface area (Å²) in [7, 11) is 1.54. The van der Waals surface area contributed by atoms with Crippen LogP contribution in [-0.2, 0) is 16.1 Å². The summed E-state index contributed by atoms with van der Waals surface area (Å²) in [5.41, 5.74) is 6.05. The highest BCUT2D eigenvalue weighted by Gasteiger charge is 2.21. The Balaban J connectivity index is 1.92. The zero-order valence-electron chi connectivity index (χ0n) is 18.2. The van der Waals surface area contributed by atoms with Crippen LogP contribution in [0, 0.1) is 5.82 Å². The van der Waals surface area contributed by atoms with Gasteiger partial charge in [0, 0.05) is 25.9 Å². The number of carbonyl (C=O) groups excluding carboxylic acids is 1. The maximum absolute atomic E-state index is 13.4. The number of ether oxygens (including phenoxy) is 1. The lowest BCUT2D eigenvalue weighted by Gasteiger charge is -2.25. The van der Waals surface area contributed by atoms with Crippen molar-refractivity contribution in [2.75, 3.05) is 42.8 Å². The second kappa shape index (κ2) is 11.1. The van der Waals surface area contributed by atoms with E-state index >= 15 is 0 Å². The van der Waals surface area contributed by atoms with Gasteiger partial charge >= 0.3 is 5.69 Å². The van der Waals surface area contributed by atoms with Gasteiger partial charge in [0.25, 0.3) is 5.56 Å². The lowest BCUT2D eigenvalue weighted by molar-refractivity contribution is -0.115. The van der Waals surface area contributed by atoms with E-state index in [2.05, 4.69) is 10.3 Å². The lowest BCUT2D eigenvalue weighted by Crippen LogP contribution is -2.42. The van der Waals surface area contributed by atoms with E-state index < -0.39 is 23.0 Å². The minimum atomic E-state index is -0.696. The minimum Gasteiger partial charge on any atom is -0.385 e. The van der Waals surface area contributed by atoms with Gasteiger partial charge in [0.05, 0.1) is 13.1 Å². The molecule has 1 amide bonds. The maximum atomic E-state index is 13.4. The zero-order valence-corrected chi connectivity index (χ0v) is 18.2. The van der Waals surface area contributed by atoms with Gasteiger partial charge in [0.2, 0.25) is 5.91 Å². The average molecular weight is 455 g/mol. The average Bonchev–Trinajstić information content (AvgIpc) is 2.77. The van der Waals surface area contributed by atoms with Crippen LogP contribution >= 0.6 is 0 Å². The molecule has 0 radical (unpaired) electrons. The Labute approximate surface area is 189 Å². The van der Waals surface area contributed by atoms with Gasteiger partial charge in [0.1, 0.15) is 17.3 Å². The number of methoxy groups -OCH3 is 1. The van der Waals surface area contributed by atoms with Crippen LogP contribution in [-0.4, -0.2) is 42.3 Å². The summed E-state index contributed by atoms with van der Waals surface area (Å²) < 4.78 is 19.8. The Morgan fingerprint density at radius 1 is 1.18 bits per heavy atom. The molecule has 1 heterocycles. The molecule has 0 bridgehead atoms. The molecule has 2 aromatic carbocycles. The number of nitrogens with zero attached hydrogens (tertiary/aromatic N) is 2. The Morgan fingerprint density at radius 2 is 1.94 bits per heavy atom. The van der Waals surface area contributed by atoms with E-state index in [-0.39, 0.29) is 36.8 Å². The predicted octanol–water partition coefficient (Wildman–Crippen LogP) is 1.79. The first-order chi connectivity index (χ1) is 15.9. The van der Waals surface area contributed by atoms with Crippen LogP contribution in [0.3, 0.4) is 0 Å². The molecule has 0 fully saturated rings. The highest BCUT2D eigenvalue weighted by atomic mass is 19.1. The Hall–Kier alpha value is -3.92. The van der Waals surface area contributed by atoms with Crippen LogP contribution in [0.5, 0.6) is 0 Å². The maximum Gasteiger partial charge on any atom is 0.330 e. The number of benzene rings is 2. The first kappa shape index (κ1) is 23.7. The summed E-state index contributed by atoms with van der Waals surface area (Å²) >= 11 is 0. The normalized spacial score (nSPS) is 10.7. The van der Waals surface area contributed by atoms with Crippen molar-refractivity contribution >= 4 is 23.1 Å². The lowest BCUT2D eigenvalue weighted by atomic mass is 10.2. The van der Waals surface area contributed by atoms with Gasteiger partial charge in [-0.3, -0.25) is 19.1 Å². The number of amides is 1. The third kappa shape index (κ3) is 6.30. The van der Waals surface area contributed by atoms with E-state index in [4.69, 9.17) is 10.5 Å². The summed E-state index contributed by atoms with van der Waals surface area (Å²) in [4.78, 5) is 41.6. The molecule has 3 aromatic rings. The van der Waals surface area contributed by atoms with E-state index in [1.807, 2.05) is 30.3 Å². The van der Waals surface area contributed by atoms with Gasteiger partial charge in [-0.15, -0.1) is 0 Å². The van der Waals surface area contributed by atoms with E-state index in [1.54, 1.807) is 13.2 Å². The number of nitrogens with two attached hydrogens (primary N) is 1. The van der Waals surface area contributed by atoms with Gasteiger partial charge in [0.15, 0.2) is 0 Å². The quantitative estimate of drug-likeness (QED) is 0.401. The largest absolute Gasteiger partial charge is 0.385 e. The molecular weight excluding hydrogens is 429 g/mol. The second-order valence-corrected chi connectivity index (χ2v) is 7.39. The van der Waals surface area contributed by atoms with Crippen molar-refractivity contribution < 1.29 is 13.9 Å². The molecule has 4 N–H and O–H groups in total. The molecule has 174 valence electrons. The van der Waals surface area contributed by atoms with Gasteiger partial charge in [-0.2, -0.15) is 0 Å². The number of rotatable bonds is 10. The molecule has 0 unspecified atom stereocenters. The SMILES string of the molecule is COCCCN(CC(=O)Nc1cccc(F)c1)c1c(N)n(Cc2ccccc2)c(=O)[nH]c1=O. The number of hydrogen-bond acceptors (Lipinski definition) is 6. The highest BCUT2D eigenvalue weighted by Crippen LogP contribution is 2.18. The van der Waals surface area contributed by atoms with Crippen molar-refractivity contribution in [3.05, 3.63) is 86.8 Å². The second-order valence-electron chi connectivity index (χ2n) is 7.39. The zero-order chi connectivity index (χ0) is 23.8. The first-order valence-corrected chi connectivity index (χ1v) is 10.3. The van der Waals surface area contributed by atoms with Crippen molar-refractivity contribution in [1.29, 1.82) is 0 Å². The molecular formula is C23H26FN5O4. The van der Waals surface area contributed by atoms with Crippen LogP contribution in [0.2, 0.25) is 0 Å². The molecule has 0 saturated carbocycles. The topological polar surface area (TPSA) is 122 Å². The van der Waals surface area contributed by atoms with Crippen molar-refractivity contribution in [1.82, 2.24) is 9.55 Å². The fourth-order valence-corrected chi connectivity index (χ4v) is 3.42. The number of anilines is 3. The molecule has 33 heavy (non-hydrogen) atoms. The number of nitrogens with one attached hydrogen (secondary N) is 2. The molecule has 0 spiro atoms. The molecule has 0 atom stereocenters.